The Balaban J connectivity index is 2.08. The Bertz CT molecular complexity index is 611. The molecule has 21 heavy (non-hydrogen) atoms. The Morgan fingerprint density at radius 1 is 1.24 bits per heavy atom. The lowest BCUT2D eigenvalue weighted by atomic mass is 10.1. The summed E-state index contributed by atoms with van der Waals surface area (Å²) in [6.45, 7) is 4.58. The molecule has 0 amide bonds. The summed E-state index contributed by atoms with van der Waals surface area (Å²) in [4.78, 5) is 10.3. The van der Waals surface area contributed by atoms with Crippen LogP contribution in [0.15, 0.2) is 48.5 Å². The highest BCUT2D eigenvalue weighted by molar-refractivity contribution is 5.50. The van der Waals surface area contributed by atoms with E-state index in [-0.39, 0.29) is 11.7 Å². The summed E-state index contributed by atoms with van der Waals surface area (Å²) in [5.41, 5.74) is 2.04. The van der Waals surface area contributed by atoms with Gasteiger partial charge in [0.05, 0.1) is 11.5 Å². The molecule has 0 aliphatic carbocycles. The normalized spacial score (nSPS) is 11.7. The molecule has 0 saturated carbocycles. The summed E-state index contributed by atoms with van der Waals surface area (Å²) in [6, 6.07) is 14.3. The van der Waals surface area contributed by atoms with Gasteiger partial charge in [0.25, 0.3) is 5.69 Å². The average molecular weight is 286 g/mol. The van der Waals surface area contributed by atoms with E-state index in [0.717, 1.165) is 17.0 Å². The lowest BCUT2D eigenvalue weighted by molar-refractivity contribution is -0.384. The second kappa shape index (κ2) is 6.74. The first-order valence-corrected chi connectivity index (χ1v) is 6.84. The number of rotatable bonds is 6. The van der Waals surface area contributed by atoms with Crippen molar-refractivity contribution in [3.8, 4) is 5.75 Å². The molecule has 2 rings (SSSR count). The first-order valence-electron chi connectivity index (χ1n) is 6.84. The van der Waals surface area contributed by atoms with E-state index in [2.05, 4.69) is 5.32 Å². The van der Waals surface area contributed by atoms with Crippen LogP contribution in [0.4, 0.5) is 11.4 Å². The number of hydrogen-bond acceptors (Lipinski definition) is 4. The van der Waals surface area contributed by atoms with Crippen LogP contribution in [0.1, 0.15) is 25.5 Å². The van der Waals surface area contributed by atoms with Gasteiger partial charge in [-0.3, -0.25) is 10.1 Å². The number of benzene rings is 2. The van der Waals surface area contributed by atoms with Crippen molar-refractivity contribution in [1.82, 2.24) is 0 Å². The van der Waals surface area contributed by atoms with Gasteiger partial charge in [0.1, 0.15) is 5.75 Å². The predicted octanol–water partition coefficient (Wildman–Crippen LogP) is 4.17. The van der Waals surface area contributed by atoms with E-state index in [9.17, 15) is 10.1 Å². The summed E-state index contributed by atoms with van der Waals surface area (Å²) in [6.07, 6.45) is 0. The zero-order valence-corrected chi connectivity index (χ0v) is 12.1. The molecule has 1 N–H and O–H groups in total. The van der Waals surface area contributed by atoms with Gasteiger partial charge < -0.3 is 10.1 Å². The van der Waals surface area contributed by atoms with Gasteiger partial charge in [-0.05, 0) is 31.5 Å². The van der Waals surface area contributed by atoms with Crippen LogP contribution in [-0.2, 0) is 0 Å². The molecule has 0 spiro atoms. The van der Waals surface area contributed by atoms with E-state index in [1.165, 1.54) is 12.1 Å². The molecular weight excluding hydrogens is 268 g/mol. The molecule has 0 aromatic heterocycles. The fourth-order valence-corrected chi connectivity index (χ4v) is 2.06. The van der Waals surface area contributed by atoms with Crippen LogP contribution < -0.4 is 10.1 Å². The SMILES string of the molecule is CCOc1cccc(NC(C)c2ccc([N+](=O)[O-])cc2)c1. The molecule has 0 fully saturated rings. The lowest BCUT2D eigenvalue weighted by Crippen LogP contribution is -2.06. The van der Waals surface area contributed by atoms with Crippen LogP contribution >= 0.6 is 0 Å². The fraction of sp³-hybridized carbons (Fsp3) is 0.250. The number of nitro benzene ring substituents is 1. The molecule has 0 aliphatic heterocycles. The molecule has 0 aliphatic rings. The molecule has 1 unspecified atom stereocenters. The summed E-state index contributed by atoms with van der Waals surface area (Å²) in [5, 5.41) is 14.0. The zero-order valence-electron chi connectivity index (χ0n) is 12.1. The largest absolute Gasteiger partial charge is 0.494 e. The summed E-state index contributed by atoms with van der Waals surface area (Å²) < 4.78 is 5.46. The average Bonchev–Trinajstić information content (AvgIpc) is 2.48. The second-order valence-electron chi connectivity index (χ2n) is 4.68. The van der Waals surface area contributed by atoms with Crippen LogP contribution in [0.3, 0.4) is 0 Å². The summed E-state index contributed by atoms with van der Waals surface area (Å²) in [5.74, 6) is 0.818. The van der Waals surface area contributed by atoms with Crippen LogP contribution in [-0.4, -0.2) is 11.5 Å². The van der Waals surface area contributed by atoms with Gasteiger partial charge in [-0.2, -0.15) is 0 Å². The van der Waals surface area contributed by atoms with Gasteiger partial charge in [-0.15, -0.1) is 0 Å². The monoisotopic (exact) mass is 286 g/mol. The van der Waals surface area contributed by atoms with Crippen molar-refractivity contribution in [2.45, 2.75) is 19.9 Å². The highest BCUT2D eigenvalue weighted by Crippen LogP contribution is 2.24. The molecule has 2 aromatic rings. The molecule has 5 nitrogen and oxygen atoms in total. The second-order valence-corrected chi connectivity index (χ2v) is 4.68. The van der Waals surface area contributed by atoms with E-state index in [1.54, 1.807) is 12.1 Å². The van der Waals surface area contributed by atoms with Crippen LogP contribution in [0.2, 0.25) is 0 Å². The van der Waals surface area contributed by atoms with Crippen LogP contribution in [0.5, 0.6) is 5.75 Å². The maximum Gasteiger partial charge on any atom is 0.269 e. The van der Waals surface area contributed by atoms with Crippen LogP contribution in [0.25, 0.3) is 0 Å². The van der Waals surface area contributed by atoms with Gasteiger partial charge in [-0.1, -0.05) is 18.2 Å². The lowest BCUT2D eigenvalue weighted by Gasteiger charge is -2.16. The first-order chi connectivity index (χ1) is 10.1. The number of ether oxygens (including phenoxy) is 1. The molecule has 0 radical (unpaired) electrons. The third kappa shape index (κ3) is 3.95. The quantitative estimate of drug-likeness (QED) is 0.639. The molecule has 2 aromatic carbocycles. The molecule has 1 atom stereocenters. The smallest absolute Gasteiger partial charge is 0.269 e. The number of hydrogen-bond donors (Lipinski definition) is 1. The molecule has 0 heterocycles. The summed E-state index contributed by atoms with van der Waals surface area (Å²) >= 11 is 0. The van der Waals surface area contributed by atoms with Crippen molar-refractivity contribution in [2.24, 2.45) is 0 Å². The van der Waals surface area contributed by atoms with Crippen molar-refractivity contribution in [3.05, 3.63) is 64.2 Å². The van der Waals surface area contributed by atoms with Gasteiger partial charge in [0.15, 0.2) is 0 Å². The maximum atomic E-state index is 10.6. The maximum absolute atomic E-state index is 10.6. The minimum absolute atomic E-state index is 0.0441. The fourth-order valence-electron chi connectivity index (χ4n) is 2.06. The first kappa shape index (κ1) is 14.8. The highest BCUT2D eigenvalue weighted by atomic mass is 16.6. The number of nitrogens with one attached hydrogen (secondary N) is 1. The molecular formula is C16H18N2O3. The van der Waals surface area contributed by atoms with E-state index in [1.807, 2.05) is 38.1 Å². The Morgan fingerprint density at radius 2 is 1.95 bits per heavy atom. The predicted molar refractivity (Wildman–Crippen MR) is 82.7 cm³/mol. The summed E-state index contributed by atoms with van der Waals surface area (Å²) in [7, 11) is 0. The molecule has 0 bridgehead atoms. The topological polar surface area (TPSA) is 64.4 Å². The molecule has 5 heteroatoms. The van der Waals surface area contributed by atoms with Gasteiger partial charge in [-0.25, -0.2) is 0 Å². The molecule has 110 valence electrons. The Labute approximate surface area is 123 Å². The van der Waals surface area contributed by atoms with E-state index < -0.39 is 4.92 Å². The van der Waals surface area contributed by atoms with E-state index >= 15 is 0 Å². The van der Waals surface area contributed by atoms with E-state index in [4.69, 9.17) is 4.74 Å². The Hall–Kier alpha value is -2.56. The van der Waals surface area contributed by atoms with Crippen molar-refractivity contribution in [3.63, 3.8) is 0 Å². The minimum atomic E-state index is -0.395. The van der Waals surface area contributed by atoms with Crippen molar-refractivity contribution in [2.75, 3.05) is 11.9 Å². The third-order valence-electron chi connectivity index (χ3n) is 3.13. The van der Waals surface area contributed by atoms with Gasteiger partial charge >= 0.3 is 0 Å². The zero-order chi connectivity index (χ0) is 15.2. The van der Waals surface area contributed by atoms with Crippen molar-refractivity contribution >= 4 is 11.4 Å². The Morgan fingerprint density at radius 3 is 2.57 bits per heavy atom. The number of nitrogens with zero attached hydrogens (tertiary/aromatic N) is 1. The standard InChI is InChI=1S/C16H18N2O3/c1-3-21-16-6-4-5-14(11-16)17-12(2)13-7-9-15(10-8-13)18(19)20/h4-12,17H,3H2,1-2H3. The van der Waals surface area contributed by atoms with Crippen LogP contribution in [0, 0.1) is 10.1 Å². The van der Waals surface area contributed by atoms with Gasteiger partial charge in [0, 0.05) is 29.9 Å². The number of anilines is 1. The van der Waals surface area contributed by atoms with Crippen molar-refractivity contribution < 1.29 is 9.66 Å². The van der Waals surface area contributed by atoms with Gasteiger partial charge in [0.2, 0.25) is 0 Å². The van der Waals surface area contributed by atoms with E-state index in [0.29, 0.717) is 6.61 Å². The molecule has 0 saturated heterocycles. The Kier molecular flexibility index (Phi) is 4.77. The minimum Gasteiger partial charge on any atom is -0.494 e. The highest BCUT2D eigenvalue weighted by Gasteiger charge is 2.09. The number of nitro groups is 1. The number of non-ortho nitro benzene ring substituents is 1. The third-order valence-corrected chi connectivity index (χ3v) is 3.13. The van der Waals surface area contributed by atoms with Crippen molar-refractivity contribution in [1.29, 1.82) is 0 Å².